The van der Waals surface area contributed by atoms with E-state index in [1.54, 1.807) is 31.2 Å². The molecule has 1 aliphatic carbocycles. The third-order valence-electron chi connectivity index (χ3n) is 7.96. The molecule has 0 unspecified atom stereocenters. The average Bonchev–Trinajstić information content (AvgIpc) is 3.03. The Bertz CT molecular complexity index is 1560. The van der Waals surface area contributed by atoms with Crippen LogP contribution in [0.25, 0.3) is 0 Å². The number of hydrogen-bond acceptors (Lipinski definition) is 6. The van der Waals surface area contributed by atoms with Crippen LogP contribution in [0.1, 0.15) is 50.2 Å². The number of benzene rings is 3. The summed E-state index contributed by atoms with van der Waals surface area (Å²) in [5, 5.41) is 3.04. The molecule has 1 atom stereocenters. The summed E-state index contributed by atoms with van der Waals surface area (Å²) in [5.74, 6) is -0.936. The number of anilines is 1. The maximum Gasteiger partial charge on any atom is 0.264 e. The largest absolute Gasteiger partial charge is 0.493 e. The molecule has 0 bridgehead atoms. The second kappa shape index (κ2) is 14.6. The van der Waals surface area contributed by atoms with Crippen molar-refractivity contribution in [3.8, 4) is 11.5 Å². The SMILES string of the molecule is COc1ccc(N(CC(=O)N(Cc2ccccc2F)[C@H](C)C(=O)NC2CCCCC2)S(=O)(=O)c2ccc(C)cc2)cc1OC. The highest BCUT2D eigenvalue weighted by molar-refractivity contribution is 7.92. The summed E-state index contributed by atoms with van der Waals surface area (Å²) in [6.45, 7) is 2.54. The van der Waals surface area contributed by atoms with Crippen molar-refractivity contribution in [1.29, 1.82) is 0 Å². The predicted molar refractivity (Wildman–Crippen MR) is 167 cm³/mol. The van der Waals surface area contributed by atoms with Crippen molar-refractivity contribution in [2.75, 3.05) is 25.1 Å². The number of carbonyl (C=O) groups excluding carboxylic acids is 2. The summed E-state index contributed by atoms with van der Waals surface area (Å²) in [6, 6.07) is 15.8. The molecule has 44 heavy (non-hydrogen) atoms. The van der Waals surface area contributed by atoms with Gasteiger partial charge in [0.2, 0.25) is 11.8 Å². The van der Waals surface area contributed by atoms with E-state index in [0.717, 1.165) is 42.0 Å². The zero-order valence-electron chi connectivity index (χ0n) is 25.6. The van der Waals surface area contributed by atoms with Gasteiger partial charge < -0.3 is 19.7 Å². The van der Waals surface area contributed by atoms with Crippen molar-refractivity contribution in [2.45, 2.75) is 69.5 Å². The van der Waals surface area contributed by atoms with Gasteiger partial charge in [0.15, 0.2) is 11.5 Å². The topological polar surface area (TPSA) is 105 Å². The molecule has 0 radical (unpaired) electrons. The standard InChI is InChI=1S/C33H40FN3O6S/c1-23-14-17-28(18-15-23)44(40,41)37(27-16-19-30(42-3)31(20-27)43-4)22-32(38)36(21-25-10-8-9-13-29(25)34)24(2)33(39)35-26-11-6-5-7-12-26/h8-10,13-20,24,26H,5-7,11-12,21-22H2,1-4H3,(H,35,39)/t24-/m1/s1. The van der Waals surface area contributed by atoms with Crippen molar-refractivity contribution >= 4 is 27.5 Å². The summed E-state index contributed by atoms with van der Waals surface area (Å²) in [7, 11) is -1.39. The average molecular weight is 626 g/mol. The van der Waals surface area contributed by atoms with Crippen molar-refractivity contribution in [2.24, 2.45) is 0 Å². The second-order valence-electron chi connectivity index (χ2n) is 11.0. The van der Waals surface area contributed by atoms with Gasteiger partial charge in [-0.05, 0) is 57.0 Å². The Kier molecular flexibility index (Phi) is 10.9. The lowest BCUT2D eigenvalue weighted by Crippen LogP contribution is -2.53. The fourth-order valence-corrected chi connectivity index (χ4v) is 6.71. The van der Waals surface area contributed by atoms with Gasteiger partial charge in [-0.3, -0.25) is 13.9 Å². The Morgan fingerprint density at radius 3 is 2.25 bits per heavy atom. The summed E-state index contributed by atoms with van der Waals surface area (Å²) in [5.41, 5.74) is 1.23. The molecule has 0 aliphatic heterocycles. The van der Waals surface area contributed by atoms with Crippen LogP contribution >= 0.6 is 0 Å². The molecule has 1 fully saturated rings. The minimum atomic E-state index is -4.28. The molecule has 1 aliphatic rings. The summed E-state index contributed by atoms with van der Waals surface area (Å²) in [6.07, 6.45) is 4.83. The number of rotatable bonds is 12. The zero-order chi connectivity index (χ0) is 31.9. The van der Waals surface area contributed by atoms with Gasteiger partial charge in [-0.15, -0.1) is 0 Å². The van der Waals surface area contributed by atoms with Gasteiger partial charge in [-0.25, -0.2) is 12.8 Å². The number of hydrogen-bond donors (Lipinski definition) is 1. The van der Waals surface area contributed by atoms with Crippen molar-refractivity contribution in [3.63, 3.8) is 0 Å². The first-order chi connectivity index (χ1) is 21.0. The molecule has 4 rings (SSSR count). The molecule has 9 nitrogen and oxygen atoms in total. The summed E-state index contributed by atoms with van der Waals surface area (Å²) in [4.78, 5) is 28.8. The van der Waals surface area contributed by atoms with Crippen LogP contribution in [0.4, 0.5) is 10.1 Å². The zero-order valence-corrected chi connectivity index (χ0v) is 26.4. The van der Waals surface area contributed by atoms with Crippen LogP contribution in [-0.4, -0.2) is 58.0 Å². The molecule has 1 saturated carbocycles. The highest BCUT2D eigenvalue weighted by atomic mass is 32.2. The smallest absolute Gasteiger partial charge is 0.264 e. The van der Waals surface area contributed by atoms with Gasteiger partial charge in [0.1, 0.15) is 18.4 Å². The number of carbonyl (C=O) groups is 2. The van der Waals surface area contributed by atoms with Gasteiger partial charge in [0.25, 0.3) is 10.0 Å². The predicted octanol–water partition coefficient (Wildman–Crippen LogP) is 5.21. The molecule has 3 aromatic carbocycles. The molecular formula is C33H40FN3O6S. The van der Waals surface area contributed by atoms with Gasteiger partial charge in [0.05, 0.1) is 24.8 Å². The van der Waals surface area contributed by atoms with E-state index in [9.17, 15) is 22.4 Å². The van der Waals surface area contributed by atoms with Crippen LogP contribution < -0.4 is 19.1 Å². The van der Waals surface area contributed by atoms with Gasteiger partial charge >= 0.3 is 0 Å². The van der Waals surface area contributed by atoms with Crippen LogP contribution in [-0.2, 0) is 26.2 Å². The minimum Gasteiger partial charge on any atom is -0.493 e. The monoisotopic (exact) mass is 625 g/mol. The fourth-order valence-electron chi connectivity index (χ4n) is 5.31. The number of ether oxygens (including phenoxy) is 2. The quantitative estimate of drug-likeness (QED) is 0.296. The lowest BCUT2D eigenvalue weighted by atomic mass is 9.95. The van der Waals surface area contributed by atoms with E-state index in [1.165, 1.54) is 61.6 Å². The first kappa shape index (κ1) is 32.8. The molecule has 236 valence electrons. The first-order valence-electron chi connectivity index (χ1n) is 14.7. The fraction of sp³-hybridized carbons (Fsp3) is 0.394. The Balaban J connectivity index is 1.73. The Morgan fingerprint density at radius 1 is 0.955 bits per heavy atom. The highest BCUT2D eigenvalue weighted by Crippen LogP contribution is 2.34. The van der Waals surface area contributed by atoms with Crippen LogP contribution in [0.15, 0.2) is 71.6 Å². The van der Waals surface area contributed by atoms with Crippen LogP contribution in [0, 0.1) is 12.7 Å². The lowest BCUT2D eigenvalue weighted by molar-refractivity contribution is -0.139. The van der Waals surface area contributed by atoms with E-state index in [0.29, 0.717) is 5.75 Å². The molecular weight excluding hydrogens is 585 g/mol. The molecule has 1 N–H and O–H groups in total. The maximum atomic E-state index is 14.8. The number of halogens is 1. The second-order valence-corrected chi connectivity index (χ2v) is 12.9. The van der Waals surface area contributed by atoms with Crippen molar-refractivity contribution in [3.05, 3.63) is 83.7 Å². The Labute approximate surface area is 259 Å². The number of sulfonamides is 1. The molecule has 0 saturated heterocycles. The number of methoxy groups -OCH3 is 2. The summed E-state index contributed by atoms with van der Waals surface area (Å²) < 4.78 is 54.7. The lowest BCUT2D eigenvalue weighted by Gasteiger charge is -2.33. The Morgan fingerprint density at radius 2 is 1.61 bits per heavy atom. The maximum absolute atomic E-state index is 14.8. The van der Waals surface area contributed by atoms with Gasteiger partial charge in [0, 0.05) is 24.2 Å². The van der Waals surface area contributed by atoms with Crippen LogP contribution in [0.3, 0.4) is 0 Å². The number of aryl methyl sites for hydroxylation is 1. The Hall–Kier alpha value is -4.12. The van der Waals surface area contributed by atoms with Crippen molar-refractivity contribution in [1.82, 2.24) is 10.2 Å². The highest BCUT2D eigenvalue weighted by Gasteiger charge is 2.34. The molecule has 2 amide bonds. The van der Waals surface area contributed by atoms with Crippen LogP contribution in [0.2, 0.25) is 0 Å². The number of nitrogens with zero attached hydrogens (tertiary/aromatic N) is 2. The van der Waals surface area contributed by atoms with E-state index in [-0.39, 0.29) is 40.4 Å². The van der Waals surface area contributed by atoms with Crippen LogP contribution in [0.5, 0.6) is 11.5 Å². The molecule has 0 heterocycles. The van der Waals surface area contributed by atoms with Gasteiger partial charge in [-0.1, -0.05) is 55.2 Å². The molecule has 0 spiro atoms. The van der Waals surface area contributed by atoms with E-state index < -0.39 is 34.3 Å². The minimum absolute atomic E-state index is 0.00529. The third kappa shape index (κ3) is 7.68. The normalized spacial score (nSPS) is 14.4. The molecule has 11 heteroatoms. The van der Waals surface area contributed by atoms with Gasteiger partial charge in [-0.2, -0.15) is 0 Å². The van der Waals surface area contributed by atoms with Crippen molar-refractivity contribution < 1.29 is 31.9 Å². The molecule has 0 aromatic heterocycles. The van der Waals surface area contributed by atoms with E-state index >= 15 is 0 Å². The number of amides is 2. The first-order valence-corrected chi connectivity index (χ1v) is 16.1. The summed E-state index contributed by atoms with van der Waals surface area (Å²) >= 11 is 0. The van der Waals surface area contributed by atoms with E-state index in [2.05, 4.69) is 5.32 Å². The third-order valence-corrected chi connectivity index (χ3v) is 9.75. The van der Waals surface area contributed by atoms with E-state index in [4.69, 9.17) is 9.47 Å². The number of nitrogens with one attached hydrogen (secondary N) is 1. The van der Waals surface area contributed by atoms with E-state index in [1.807, 2.05) is 6.92 Å². The molecule has 3 aromatic rings.